The summed E-state index contributed by atoms with van der Waals surface area (Å²) in [7, 11) is 1.34. The third kappa shape index (κ3) is 5.91. The highest BCUT2D eigenvalue weighted by Gasteiger charge is 2.33. The number of halogens is 1. The smallest absolute Gasteiger partial charge is 0.338 e. The van der Waals surface area contributed by atoms with Crippen LogP contribution in [0, 0.1) is 6.92 Å². The number of aromatic nitrogens is 1. The zero-order valence-corrected chi connectivity index (χ0v) is 25.4. The number of hydrogen-bond acceptors (Lipinski definition) is 7. The number of thiazole rings is 1. The molecule has 0 fully saturated rings. The summed E-state index contributed by atoms with van der Waals surface area (Å²) in [6.45, 7) is 6.59. The van der Waals surface area contributed by atoms with Gasteiger partial charge in [0.2, 0.25) is 0 Å². The van der Waals surface area contributed by atoms with Crippen molar-refractivity contribution in [2.24, 2.45) is 4.99 Å². The lowest BCUT2D eigenvalue weighted by Gasteiger charge is -2.25. The molecule has 0 radical (unpaired) electrons. The molecule has 2 heterocycles. The number of allylic oxidation sites excluding steroid dienone is 1. The van der Waals surface area contributed by atoms with Gasteiger partial charge in [-0.15, -0.1) is 0 Å². The molecule has 0 amide bonds. The molecule has 0 aliphatic carbocycles. The maximum absolute atomic E-state index is 13.9. The summed E-state index contributed by atoms with van der Waals surface area (Å²) in [4.78, 5) is 32.1. The maximum Gasteiger partial charge on any atom is 0.338 e. The summed E-state index contributed by atoms with van der Waals surface area (Å²) in [5.41, 5.74) is 4.33. The quantitative estimate of drug-likeness (QED) is 0.228. The first-order valence-electron chi connectivity index (χ1n) is 13.7. The molecule has 9 heteroatoms. The van der Waals surface area contributed by atoms with Crippen molar-refractivity contribution >= 4 is 35.0 Å². The molecular formula is C33H31ClN2O5S. The number of benzene rings is 3. The van der Waals surface area contributed by atoms with E-state index in [9.17, 15) is 9.59 Å². The van der Waals surface area contributed by atoms with Gasteiger partial charge < -0.3 is 14.2 Å². The molecule has 0 spiro atoms. The van der Waals surface area contributed by atoms with Gasteiger partial charge in [0.05, 0.1) is 40.6 Å². The van der Waals surface area contributed by atoms with Crippen molar-refractivity contribution in [3.8, 4) is 11.5 Å². The molecule has 1 aliphatic rings. The lowest BCUT2D eigenvalue weighted by Crippen LogP contribution is -2.40. The first-order valence-corrected chi connectivity index (χ1v) is 14.9. The Morgan fingerprint density at radius 2 is 1.86 bits per heavy atom. The normalized spacial score (nSPS) is 14.8. The van der Waals surface area contributed by atoms with Crippen molar-refractivity contribution in [2.45, 2.75) is 39.8 Å². The standard InChI is InChI=1S/C33H31ClN2O5S/c1-5-25-28(32(38)39-4)29(23-13-8-7-9-14-23)36-31(37)27(42-33(36)35-25)18-22-16-24(34)30(26(17-22)40-6-2)41-19-21-12-10-11-20(3)15-21/h7-18,29H,5-6,19H2,1-4H3/b27-18-/t29-/m0/s1. The van der Waals surface area contributed by atoms with Crippen molar-refractivity contribution in [1.29, 1.82) is 0 Å². The molecule has 4 aromatic rings. The molecule has 42 heavy (non-hydrogen) atoms. The first-order chi connectivity index (χ1) is 20.3. The maximum atomic E-state index is 13.9. The highest BCUT2D eigenvalue weighted by molar-refractivity contribution is 7.07. The molecule has 216 valence electrons. The second kappa shape index (κ2) is 12.8. The van der Waals surface area contributed by atoms with Gasteiger partial charge in [0, 0.05) is 0 Å². The van der Waals surface area contributed by atoms with E-state index in [2.05, 4.69) is 6.07 Å². The van der Waals surface area contributed by atoms with E-state index >= 15 is 0 Å². The number of hydrogen-bond donors (Lipinski definition) is 0. The molecule has 0 saturated carbocycles. The Morgan fingerprint density at radius 3 is 2.55 bits per heavy atom. The van der Waals surface area contributed by atoms with Crippen LogP contribution in [0.15, 0.2) is 87.8 Å². The van der Waals surface area contributed by atoms with Gasteiger partial charge in [0.15, 0.2) is 16.3 Å². The molecule has 1 atom stereocenters. The van der Waals surface area contributed by atoms with Crippen LogP contribution in [0.3, 0.4) is 0 Å². The molecule has 1 aromatic heterocycles. The van der Waals surface area contributed by atoms with Crippen LogP contribution in [-0.2, 0) is 16.1 Å². The van der Waals surface area contributed by atoms with Crippen molar-refractivity contribution < 1.29 is 19.0 Å². The zero-order chi connectivity index (χ0) is 29.8. The van der Waals surface area contributed by atoms with Crippen molar-refractivity contribution in [2.75, 3.05) is 13.7 Å². The second-order valence-electron chi connectivity index (χ2n) is 9.74. The number of aryl methyl sites for hydroxylation is 1. The minimum Gasteiger partial charge on any atom is -0.490 e. The summed E-state index contributed by atoms with van der Waals surface area (Å²) in [5, 5.41) is 0.371. The van der Waals surface area contributed by atoms with Gasteiger partial charge >= 0.3 is 5.97 Å². The average molecular weight is 603 g/mol. The van der Waals surface area contributed by atoms with Crippen LogP contribution in [0.1, 0.15) is 48.6 Å². The molecule has 0 saturated heterocycles. The van der Waals surface area contributed by atoms with Crippen molar-refractivity contribution in [3.63, 3.8) is 0 Å². The van der Waals surface area contributed by atoms with E-state index in [1.165, 1.54) is 18.4 Å². The Morgan fingerprint density at radius 1 is 1.07 bits per heavy atom. The molecular weight excluding hydrogens is 572 g/mol. The SMILES string of the molecule is CCOc1cc(/C=c2\sc3n(c2=O)[C@@H](c2ccccc2)C(C(=O)OC)=C(CC)N=3)cc(Cl)c1OCc1cccc(C)c1. The van der Waals surface area contributed by atoms with Crippen LogP contribution in [-0.4, -0.2) is 24.3 Å². The number of carbonyl (C=O) groups excluding carboxylic acids is 1. The van der Waals surface area contributed by atoms with Gasteiger partial charge in [0.25, 0.3) is 5.56 Å². The monoisotopic (exact) mass is 602 g/mol. The Balaban J connectivity index is 1.60. The Labute approximate surface area is 253 Å². The predicted molar refractivity (Wildman–Crippen MR) is 165 cm³/mol. The van der Waals surface area contributed by atoms with Crippen LogP contribution < -0.4 is 24.4 Å². The number of fused-ring (bicyclic) bond motifs is 1. The molecule has 7 nitrogen and oxygen atoms in total. The molecule has 0 bridgehead atoms. The Bertz CT molecular complexity index is 1840. The fourth-order valence-corrected chi connectivity index (χ4v) is 6.29. The topological polar surface area (TPSA) is 79.1 Å². The number of rotatable bonds is 9. The fourth-order valence-electron chi connectivity index (χ4n) is 5.00. The predicted octanol–water partition coefficient (Wildman–Crippen LogP) is 5.74. The van der Waals surface area contributed by atoms with Crippen molar-refractivity contribution in [3.05, 3.63) is 125 Å². The van der Waals surface area contributed by atoms with E-state index in [0.717, 1.165) is 16.7 Å². The molecule has 3 aromatic carbocycles. The summed E-state index contributed by atoms with van der Waals surface area (Å²) < 4.78 is 19.1. The zero-order valence-electron chi connectivity index (χ0n) is 23.8. The highest BCUT2D eigenvalue weighted by atomic mass is 35.5. The summed E-state index contributed by atoms with van der Waals surface area (Å²) in [5.74, 6) is 0.422. The lowest BCUT2D eigenvalue weighted by molar-refractivity contribution is -0.136. The largest absolute Gasteiger partial charge is 0.490 e. The van der Waals surface area contributed by atoms with Gasteiger partial charge in [-0.25, -0.2) is 9.79 Å². The molecule has 0 unspecified atom stereocenters. The fraction of sp³-hybridized carbons (Fsp3) is 0.242. The van der Waals surface area contributed by atoms with Gasteiger partial charge in [0.1, 0.15) is 6.61 Å². The average Bonchev–Trinajstić information content (AvgIpc) is 3.30. The highest BCUT2D eigenvalue weighted by Crippen LogP contribution is 2.38. The van der Waals surface area contributed by atoms with Crippen LogP contribution in [0.4, 0.5) is 0 Å². The van der Waals surface area contributed by atoms with Gasteiger partial charge in [-0.3, -0.25) is 9.36 Å². The third-order valence-electron chi connectivity index (χ3n) is 6.86. The minimum absolute atomic E-state index is 0.266. The summed E-state index contributed by atoms with van der Waals surface area (Å²) in [6.07, 6.45) is 2.27. The summed E-state index contributed by atoms with van der Waals surface area (Å²) in [6, 6.07) is 20.4. The first kappa shape index (κ1) is 29.4. The number of carbonyl (C=O) groups is 1. The van der Waals surface area contributed by atoms with E-state index < -0.39 is 12.0 Å². The van der Waals surface area contributed by atoms with Crippen LogP contribution >= 0.6 is 22.9 Å². The van der Waals surface area contributed by atoms with Gasteiger partial charge in [-0.1, -0.05) is 90.0 Å². The van der Waals surface area contributed by atoms with E-state index in [1.807, 2.05) is 75.4 Å². The van der Waals surface area contributed by atoms with E-state index in [-0.39, 0.29) is 5.56 Å². The number of esters is 1. The number of nitrogens with zero attached hydrogens (tertiary/aromatic N) is 2. The third-order valence-corrected chi connectivity index (χ3v) is 8.12. The van der Waals surface area contributed by atoms with Crippen LogP contribution in [0.5, 0.6) is 11.5 Å². The second-order valence-corrected chi connectivity index (χ2v) is 11.2. The van der Waals surface area contributed by atoms with Gasteiger partial charge in [-0.2, -0.15) is 0 Å². The molecule has 5 rings (SSSR count). The van der Waals surface area contributed by atoms with Crippen LogP contribution in [0.2, 0.25) is 5.02 Å². The van der Waals surface area contributed by atoms with E-state index in [4.69, 9.17) is 30.8 Å². The van der Waals surface area contributed by atoms with E-state index in [1.54, 1.807) is 16.7 Å². The summed E-state index contributed by atoms with van der Waals surface area (Å²) >= 11 is 7.97. The van der Waals surface area contributed by atoms with Gasteiger partial charge in [-0.05, 0) is 55.2 Å². The van der Waals surface area contributed by atoms with Crippen LogP contribution in [0.25, 0.3) is 6.08 Å². The Kier molecular flexibility index (Phi) is 8.94. The lowest BCUT2D eigenvalue weighted by atomic mass is 9.95. The molecule has 0 N–H and O–H groups in total. The van der Waals surface area contributed by atoms with E-state index in [0.29, 0.717) is 62.3 Å². The van der Waals surface area contributed by atoms with Crippen molar-refractivity contribution in [1.82, 2.24) is 4.57 Å². The molecule has 1 aliphatic heterocycles. The number of methoxy groups -OCH3 is 1. The number of ether oxygens (including phenoxy) is 3. The minimum atomic E-state index is -0.660. The Hall–Kier alpha value is -4.14.